The lowest BCUT2D eigenvalue weighted by Crippen LogP contribution is -2.41. The van der Waals surface area contributed by atoms with Crippen molar-refractivity contribution in [3.63, 3.8) is 0 Å². The van der Waals surface area contributed by atoms with Crippen LogP contribution in [0, 0.1) is 0 Å². The van der Waals surface area contributed by atoms with E-state index in [0.29, 0.717) is 6.61 Å². The zero-order valence-electron chi connectivity index (χ0n) is 15.2. The second-order valence-electron chi connectivity index (χ2n) is 8.02. The summed E-state index contributed by atoms with van der Waals surface area (Å²) in [6, 6.07) is 6.32. The van der Waals surface area contributed by atoms with Gasteiger partial charge in [-0.3, -0.25) is 0 Å². The topological polar surface area (TPSA) is 27.7 Å². The highest BCUT2D eigenvalue weighted by molar-refractivity contribution is 6.63. The molecule has 0 unspecified atom stereocenters. The van der Waals surface area contributed by atoms with E-state index in [0.717, 1.165) is 11.2 Å². The molecule has 1 saturated heterocycles. The molecule has 1 aromatic carbocycles. The normalized spacial score (nSPS) is 20.3. The van der Waals surface area contributed by atoms with Gasteiger partial charge < -0.3 is 14.0 Å². The van der Waals surface area contributed by atoms with Gasteiger partial charge in [0, 0.05) is 5.46 Å². The molecule has 2 rings (SSSR count). The number of benzene rings is 1. The van der Waals surface area contributed by atoms with E-state index in [1.54, 1.807) is 0 Å². The molecule has 0 atom stereocenters. The molecule has 1 heterocycles. The van der Waals surface area contributed by atoms with Crippen LogP contribution in [0.5, 0.6) is 5.75 Å². The lowest BCUT2D eigenvalue weighted by Gasteiger charge is -2.32. The van der Waals surface area contributed by atoms with Gasteiger partial charge >= 0.3 is 7.12 Å². The van der Waals surface area contributed by atoms with Crippen LogP contribution in [0.1, 0.15) is 61.0 Å². The smallest absolute Gasteiger partial charge is 0.494 e. The van der Waals surface area contributed by atoms with Gasteiger partial charge in [0.25, 0.3) is 0 Å². The predicted octanol–water partition coefficient (Wildman–Crippen LogP) is 3.68. The van der Waals surface area contributed by atoms with Crippen molar-refractivity contribution >= 4 is 12.6 Å². The number of hydrogen-bond acceptors (Lipinski definition) is 3. The Labute approximate surface area is 135 Å². The van der Waals surface area contributed by atoms with E-state index in [2.05, 4.69) is 60.6 Å². The highest BCUT2D eigenvalue weighted by Crippen LogP contribution is 2.37. The largest absolute Gasteiger partial charge is 0.498 e. The van der Waals surface area contributed by atoms with E-state index in [1.165, 1.54) is 5.56 Å². The van der Waals surface area contributed by atoms with Gasteiger partial charge in [-0.05, 0) is 51.7 Å². The molecule has 0 spiro atoms. The van der Waals surface area contributed by atoms with Crippen LogP contribution in [0.2, 0.25) is 0 Å². The number of rotatable bonds is 3. The lowest BCUT2D eigenvalue weighted by molar-refractivity contribution is 0.00578. The summed E-state index contributed by atoms with van der Waals surface area (Å²) >= 11 is 0. The summed E-state index contributed by atoms with van der Waals surface area (Å²) in [7, 11) is -0.395. The minimum Gasteiger partial charge on any atom is -0.494 e. The van der Waals surface area contributed by atoms with Crippen LogP contribution < -0.4 is 10.2 Å². The number of hydrogen-bond donors (Lipinski definition) is 0. The maximum atomic E-state index is 6.20. The van der Waals surface area contributed by atoms with E-state index in [1.807, 2.05) is 13.0 Å². The Morgan fingerprint density at radius 1 is 1.05 bits per heavy atom. The monoisotopic (exact) mass is 304 g/mol. The molecule has 1 aromatic rings. The summed E-state index contributed by atoms with van der Waals surface area (Å²) in [6.45, 7) is 17.5. The van der Waals surface area contributed by atoms with Crippen molar-refractivity contribution in [2.24, 2.45) is 0 Å². The fraction of sp³-hybridized carbons (Fsp3) is 0.667. The summed E-state index contributed by atoms with van der Waals surface area (Å²) < 4.78 is 18.2. The van der Waals surface area contributed by atoms with Gasteiger partial charge in [-0.1, -0.05) is 32.9 Å². The molecule has 1 aliphatic rings. The molecular weight excluding hydrogens is 275 g/mol. The van der Waals surface area contributed by atoms with Crippen LogP contribution in [-0.4, -0.2) is 24.9 Å². The first-order valence-corrected chi connectivity index (χ1v) is 8.11. The fourth-order valence-corrected chi connectivity index (χ4v) is 2.46. The van der Waals surface area contributed by atoms with E-state index in [-0.39, 0.29) is 16.6 Å². The molecule has 0 aromatic heterocycles. The van der Waals surface area contributed by atoms with Crippen LogP contribution in [0.4, 0.5) is 0 Å². The van der Waals surface area contributed by atoms with Crippen LogP contribution in [0.15, 0.2) is 18.2 Å². The first-order chi connectivity index (χ1) is 9.98. The highest BCUT2D eigenvalue weighted by atomic mass is 16.7. The third kappa shape index (κ3) is 3.18. The first-order valence-electron chi connectivity index (χ1n) is 8.11. The van der Waals surface area contributed by atoms with Gasteiger partial charge in [-0.2, -0.15) is 0 Å². The minimum absolute atomic E-state index is 0.0726. The molecule has 1 fully saturated rings. The average Bonchev–Trinajstić information content (AvgIpc) is 2.57. The highest BCUT2D eigenvalue weighted by Gasteiger charge is 2.52. The zero-order chi connectivity index (χ0) is 16.8. The Morgan fingerprint density at radius 2 is 1.59 bits per heavy atom. The standard InChI is InChI=1S/C18H29BO3/c1-9-20-15-11-10-13(16(2,3)4)12-14(15)19-21-17(5,6)18(7,8)22-19/h10-12H,9H2,1-8H3. The maximum Gasteiger partial charge on any atom is 0.498 e. The lowest BCUT2D eigenvalue weighted by atomic mass is 9.74. The van der Waals surface area contributed by atoms with Gasteiger partial charge in [-0.25, -0.2) is 0 Å². The van der Waals surface area contributed by atoms with Crippen molar-refractivity contribution in [1.82, 2.24) is 0 Å². The Kier molecular flexibility index (Phi) is 4.40. The van der Waals surface area contributed by atoms with Crippen LogP contribution in [0.3, 0.4) is 0 Å². The Hall–Kier alpha value is -0.995. The van der Waals surface area contributed by atoms with Crippen LogP contribution >= 0.6 is 0 Å². The fourth-order valence-electron chi connectivity index (χ4n) is 2.46. The molecule has 0 bridgehead atoms. The quantitative estimate of drug-likeness (QED) is 0.797. The van der Waals surface area contributed by atoms with E-state index < -0.39 is 7.12 Å². The van der Waals surface area contributed by atoms with Crippen LogP contribution in [0.25, 0.3) is 0 Å². The van der Waals surface area contributed by atoms with E-state index >= 15 is 0 Å². The first kappa shape index (κ1) is 17.4. The molecule has 0 N–H and O–H groups in total. The second kappa shape index (κ2) is 5.57. The van der Waals surface area contributed by atoms with Crippen molar-refractivity contribution in [1.29, 1.82) is 0 Å². The molecule has 3 nitrogen and oxygen atoms in total. The number of ether oxygens (including phenoxy) is 1. The second-order valence-corrected chi connectivity index (χ2v) is 8.02. The molecule has 122 valence electrons. The third-order valence-corrected chi connectivity index (χ3v) is 4.68. The molecule has 0 amide bonds. The Bertz CT molecular complexity index is 528. The molecule has 22 heavy (non-hydrogen) atoms. The third-order valence-electron chi connectivity index (χ3n) is 4.68. The molecule has 4 heteroatoms. The van der Waals surface area contributed by atoms with Crippen molar-refractivity contribution < 1.29 is 14.0 Å². The summed E-state index contributed by atoms with van der Waals surface area (Å²) in [4.78, 5) is 0. The van der Waals surface area contributed by atoms with E-state index in [4.69, 9.17) is 14.0 Å². The zero-order valence-corrected chi connectivity index (χ0v) is 15.2. The van der Waals surface area contributed by atoms with Gasteiger partial charge in [-0.15, -0.1) is 0 Å². The average molecular weight is 304 g/mol. The van der Waals surface area contributed by atoms with Gasteiger partial charge in [0.05, 0.1) is 17.8 Å². The summed E-state index contributed by atoms with van der Waals surface area (Å²) in [5, 5.41) is 0. The molecular formula is C18H29BO3. The van der Waals surface area contributed by atoms with Gasteiger partial charge in [0.2, 0.25) is 0 Å². The minimum atomic E-state index is -0.395. The molecule has 0 saturated carbocycles. The molecule has 1 aliphatic heterocycles. The van der Waals surface area contributed by atoms with Crippen LogP contribution in [-0.2, 0) is 14.7 Å². The van der Waals surface area contributed by atoms with E-state index in [9.17, 15) is 0 Å². The maximum absolute atomic E-state index is 6.20. The Balaban J connectivity index is 2.44. The summed E-state index contributed by atoms with van der Waals surface area (Å²) in [5.41, 5.74) is 1.61. The Morgan fingerprint density at radius 3 is 2.05 bits per heavy atom. The van der Waals surface area contributed by atoms with Crippen molar-refractivity contribution in [2.75, 3.05) is 6.61 Å². The molecule has 0 radical (unpaired) electrons. The van der Waals surface area contributed by atoms with Crippen molar-refractivity contribution in [2.45, 2.75) is 72.0 Å². The summed E-state index contributed by atoms with van der Waals surface area (Å²) in [6.07, 6.45) is 0. The van der Waals surface area contributed by atoms with Gasteiger partial charge in [0.15, 0.2) is 0 Å². The summed E-state index contributed by atoms with van der Waals surface area (Å²) in [5.74, 6) is 0.842. The predicted molar refractivity (Wildman–Crippen MR) is 92.0 cm³/mol. The SMILES string of the molecule is CCOc1ccc(C(C)(C)C)cc1B1OC(C)(C)C(C)(C)O1. The molecule has 0 aliphatic carbocycles. The van der Waals surface area contributed by atoms with Crippen molar-refractivity contribution in [3.8, 4) is 5.75 Å². The van der Waals surface area contributed by atoms with Gasteiger partial charge in [0.1, 0.15) is 5.75 Å². The van der Waals surface area contributed by atoms with Crippen molar-refractivity contribution in [3.05, 3.63) is 23.8 Å².